The highest BCUT2D eigenvalue weighted by Gasteiger charge is 2.31. The largest absolute Gasteiger partial charge is 0.508 e. The van der Waals surface area contributed by atoms with Crippen molar-refractivity contribution in [2.24, 2.45) is 5.73 Å². The number of benzene rings is 1. The third-order valence-electron chi connectivity index (χ3n) is 2.85. The Labute approximate surface area is 88.1 Å². The van der Waals surface area contributed by atoms with Crippen LogP contribution in [0.15, 0.2) is 24.3 Å². The predicted octanol–water partition coefficient (Wildman–Crippen LogP) is 0.323. The minimum absolute atomic E-state index is 0.128. The van der Waals surface area contributed by atoms with Gasteiger partial charge in [0, 0.05) is 5.92 Å². The number of nitrogens with one attached hydrogen (secondary N) is 1. The zero-order chi connectivity index (χ0) is 10.8. The third kappa shape index (κ3) is 1.94. The van der Waals surface area contributed by atoms with Crippen molar-refractivity contribution in [3.05, 3.63) is 29.8 Å². The molecule has 1 aromatic carbocycles. The number of rotatable bonds is 2. The Morgan fingerprint density at radius 3 is 2.67 bits per heavy atom. The van der Waals surface area contributed by atoms with Crippen molar-refractivity contribution in [1.29, 1.82) is 0 Å². The maximum atomic E-state index is 11.2. The number of carbonyl (C=O) groups excluding carboxylic acids is 1. The van der Waals surface area contributed by atoms with Crippen molar-refractivity contribution >= 4 is 5.91 Å². The van der Waals surface area contributed by atoms with E-state index in [2.05, 4.69) is 5.32 Å². The lowest BCUT2D eigenvalue weighted by Crippen LogP contribution is -2.39. The molecule has 0 aliphatic carbocycles. The fourth-order valence-corrected chi connectivity index (χ4v) is 2.08. The maximum absolute atomic E-state index is 11.2. The molecule has 1 aliphatic heterocycles. The van der Waals surface area contributed by atoms with Crippen LogP contribution in [0.2, 0.25) is 0 Å². The van der Waals surface area contributed by atoms with E-state index >= 15 is 0 Å². The van der Waals surface area contributed by atoms with Gasteiger partial charge in [-0.3, -0.25) is 4.79 Å². The summed E-state index contributed by atoms with van der Waals surface area (Å²) in [5.41, 5.74) is 6.35. The van der Waals surface area contributed by atoms with E-state index in [0.717, 1.165) is 18.5 Å². The number of primary amides is 1. The first-order valence-corrected chi connectivity index (χ1v) is 5.00. The minimum atomic E-state index is -0.314. The first-order valence-electron chi connectivity index (χ1n) is 5.00. The lowest BCUT2D eigenvalue weighted by molar-refractivity contribution is -0.119. The number of carbonyl (C=O) groups is 1. The topological polar surface area (TPSA) is 75.4 Å². The van der Waals surface area contributed by atoms with E-state index in [0.29, 0.717) is 0 Å². The highest BCUT2D eigenvalue weighted by Crippen LogP contribution is 2.28. The summed E-state index contributed by atoms with van der Waals surface area (Å²) in [4.78, 5) is 11.2. The van der Waals surface area contributed by atoms with E-state index in [9.17, 15) is 4.79 Å². The van der Waals surface area contributed by atoms with Gasteiger partial charge in [-0.05, 0) is 30.7 Å². The van der Waals surface area contributed by atoms with Gasteiger partial charge >= 0.3 is 0 Å². The Kier molecular flexibility index (Phi) is 2.60. The lowest BCUT2D eigenvalue weighted by atomic mass is 9.91. The average molecular weight is 206 g/mol. The van der Waals surface area contributed by atoms with Gasteiger partial charge in [-0.15, -0.1) is 0 Å². The molecule has 0 unspecified atom stereocenters. The highest BCUT2D eigenvalue weighted by atomic mass is 16.3. The molecule has 15 heavy (non-hydrogen) atoms. The van der Waals surface area contributed by atoms with Crippen LogP contribution in [0.4, 0.5) is 0 Å². The van der Waals surface area contributed by atoms with E-state index in [1.54, 1.807) is 12.1 Å². The Morgan fingerprint density at radius 1 is 1.40 bits per heavy atom. The lowest BCUT2D eigenvalue weighted by Gasteiger charge is -2.16. The van der Waals surface area contributed by atoms with Gasteiger partial charge in [0.25, 0.3) is 0 Å². The van der Waals surface area contributed by atoms with Crippen LogP contribution >= 0.6 is 0 Å². The number of phenolic OH excluding ortho intramolecular Hbond substituents is 1. The van der Waals surface area contributed by atoms with Crippen molar-refractivity contribution < 1.29 is 9.90 Å². The summed E-state index contributed by atoms with van der Waals surface area (Å²) < 4.78 is 0. The molecule has 80 valence electrons. The monoisotopic (exact) mass is 206 g/mol. The van der Waals surface area contributed by atoms with E-state index in [1.807, 2.05) is 12.1 Å². The van der Waals surface area contributed by atoms with Gasteiger partial charge in [0.2, 0.25) is 5.91 Å². The molecule has 4 N–H and O–H groups in total. The van der Waals surface area contributed by atoms with Crippen molar-refractivity contribution in [1.82, 2.24) is 5.32 Å². The first-order chi connectivity index (χ1) is 7.18. The van der Waals surface area contributed by atoms with Crippen molar-refractivity contribution in [3.8, 4) is 5.75 Å². The average Bonchev–Trinajstić information content (AvgIpc) is 2.67. The number of hydrogen-bond acceptors (Lipinski definition) is 3. The predicted molar refractivity (Wildman–Crippen MR) is 56.4 cm³/mol. The third-order valence-corrected chi connectivity index (χ3v) is 2.85. The number of amides is 1. The van der Waals surface area contributed by atoms with Crippen LogP contribution in [0.25, 0.3) is 0 Å². The molecule has 1 fully saturated rings. The summed E-state index contributed by atoms with van der Waals surface area (Å²) in [5.74, 6) is 0.0500. The minimum Gasteiger partial charge on any atom is -0.508 e. The van der Waals surface area contributed by atoms with Crippen molar-refractivity contribution in [2.45, 2.75) is 18.4 Å². The van der Waals surface area contributed by atoms with Gasteiger partial charge in [-0.25, -0.2) is 0 Å². The Morgan fingerprint density at radius 2 is 2.07 bits per heavy atom. The summed E-state index contributed by atoms with van der Waals surface area (Å²) in [7, 11) is 0. The molecule has 0 bridgehead atoms. The van der Waals surface area contributed by atoms with Crippen LogP contribution in [0.3, 0.4) is 0 Å². The summed E-state index contributed by atoms with van der Waals surface area (Å²) in [6.45, 7) is 0.805. The highest BCUT2D eigenvalue weighted by molar-refractivity contribution is 5.81. The first kappa shape index (κ1) is 9.98. The van der Waals surface area contributed by atoms with Crippen LogP contribution in [0.1, 0.15) is 17.9 Å². The zero-order valence-corrected chi connectivity index (χ0v) is 8.31. The molecule has 0 spiro atoms. The number of aromatic hydroxyl groups is 1. The Balaban J connectivity index is 2.22. The van der Waals surface area contributed by atoms with Gasteiger partial charge in [-0.1, -0.05) is 12.1 Å². The quantitative estimate of drug-likeness (QED) is 0.652. The second-order valence-electron chi connectivity index (χ2n) is 3.82. The molecule has 2 atom stereocenters. The molecule has 1 saturated heterocycles. The molecule has 1 aromatic rings. The van der Waals surface area contributed by atoms with E-state index in [-0.39, 0.29) is 23.6 Å². The summed E-state index contributed by atoms with van der Waals surface area (Å²) >= 11 is 0. The molecule has 0 aromatic heterocycles. The van der Waals surface area contributed by atoms with Crippen molar-refractivity contribution in [3.63, 3.8) is 0 Å². The summed E-state index contributed by atoms with van der Waals surface area (Å²) in [6.07, 6.45) is 0.901. The summed E-state index contributed by atoms with van der Waals surface area (Å²) in [5, 5.41) is 12.2. The molecular formula is C11H14N2O2. The van der Waals surface area contributed by atoms with Gasteiger partial charge in [0.1, 0.15) is 5.75 Å². The number of hydrogen-bond donors (Lipinski definition) is 3. The normalized spacial score (nSPS) is 25.3. The molecule has 1 aliphatic rings. The Hall–Kier alpha value is -1.55. The molecule has 0 radical (unpaired) electrons. The van der Waals surface area contributed by atoms with Gasteiger partial charge < -0.3 is 16.2 Å². The van der Waals surface area contributed by atoms with Gasteiger partial charge in [0.05, 0.1) is 6.04 Å². The van der Waals surface area contributed by atoms with Gasteiger partial charge in [0.15, 0.2) is 0 Å². The van der Waals surface area contributed by atoms with Gasteiger partial charge in [-0.2, -0.15) is 0 Å². The zero-order valence-electron chi connectivity index (χ0n) is 8.31. The molecule has 2 rings (SSSR count). The standard InChI is InChI=1S/C11H14N2O2/c12-11(15)10-9(5-6-13-10)7-1-3-8(14)4-2-7/h1-4,9-10,13-14H,5-6H2,(H2,12,15)/t9-,10+/m1/s1. The van der Waals surface area contributed by atoms with E-state index in [4.69, 9.17) is 10.8 Å². The number of phenols is 1. The molecule has 0 saturated carbocycles. The van der Waals surface area contributed by atoms with Crippen LogP contribution in [-0.2, 0) is 4.79 Å². The second-order valence-corrected chi connectivity index (χ2v) is 3.82. The summed E-state index contributed by atoms with van der Waals surface area (Å²) in [6, 6.07) is 6.65. The fourth-order valence-electron chi connectivity index (χ4n) is 2.08. The van der Waals surface area contributed by atoms with Crippen LogP contribution in [-0.4, -0.2) is 23.6 Å². The molecule has 1 heterocycles. The smallest absolute Gasteiger partial charge is 0.235 e. The van der Waals surface area contributed by atoms with Crippen LogP contribution in [0.5, 0.6) is 5.75 Å². The van der Waals surface area contributed by atoms with Crippen molar-refractivity contribution in [2.75, 3.05) is 6.54 Å². The van der Waals surface area contributed by atoms with Crippen LogP contribution in [0, 0.1) is 0 Å². The fraction of sp³-hybridized carbons (Fsp3) is 0.364. The maximum Gasteiger partial charge on any atom is 0.235 e. The molecular weight excluding hydrogens is 192 g/mol. The second kappa shape index (κ2) is 3.90. The molecule has 1 amide bonds. The molecule has 4 nitrogen and oxygen atoms in total. The Bertz CT molecular complexity index is 361. The van der Waals surface area contributed by atoms with Crippen LogP contribution < -0.4 is 11.1 Å². The number of nitrogens with two attached hydrogens (primary N) is 1. The van der Waals surface area contributed by atoms with E-state index < -0.39 is 0 Å². The molecule has 4 heteroatoms. The van der Waals surface area contributed by atoms with E-state index in [1.165, 1.54) is 0 Å². The SMILES string of the molecule is NC(=O)[C@H]1NCC[C@@H]1c1ccc(O)cc1.